The van der Waals surface area contributed by atoms with Gasteiger partial charge in [-0.05, 0) is 36.6 Å². The van der Waals surface area contributed by atoms with Crippen LogP contribution in [-0.4, -0.2) is 12.0 Å². The molecule has 0 aliphatic carbocycles. The van der Waals surface area contributed by atoms with Crippen LogP contribution in [0.1, 0.15) is 11.8 Å². The summed E-state index contributed by atoms with van der Waals surface area (Å²) < 4.78 is 18.5. The molecule has 0 saturated heterocycles. The van der Waals surface area contributed by atoms with Gasteiger partial charge in [0, 0.05) is 10.6 Å². The Labute approximate surface area is 120 Å². The van der Waals surface area contributed by atoms with Crippen LogP contribution < -0.4 is 11.1 Å². The summed E-state index contributed by atoms with van der Waals surface area (Å²) in [7, 11) is 0. The van der Waals surface area contributed by atoms with Crippen LogP contribution in [0.2, 0.25) is 0 Å². The van der Waals surface area contributed by atoms with Gasteiger partial charge in [-0.3, -0.25) is 4.79 Å². The van der Waals surface area contributed by atoms with E-state index < -0.39 is 11.9 Å². The second kappa shape index (κ2) is 6.49. The van der Waals surface area contributed by atoms with Crippen molar-refractivity contribution in [2.75, 3.05) is 11.1 Å². The molecular weight excluding hydrogens is 279 g/mol. The zero-order valence-electron chi connectivity index (χ0n) is 10.9. The van der Waals surface area contributed by atoms with Crippen molar-refractivity contribution in [3.8, 4) is 0 Å². The number of nitrogens with one attached hydrogen (secondary N) is 1. The fourth-order valence-corrected chi connectivity index (χ4v) is 2.17. The van der Waals surface area contributed by atoms with E-state index in [-0.39, 0.29) is 11.6 Å². The zero-order valence-corrected chi connectivity index (χ0v) is 11.7. The number of benzene rings is 1. The molecule has 106 valence electrons. The number of nitrogens with two attached hydrogens (primary N) is 1. The molecule has 1 aromatic carbocycles. The lowest BCUT2D eigenvalue weighted by molar-refractivity contribution is -0.127. The number of carbonyl (C=O) groups excluding carboxylic acids is 1. The minimum atomic E-state index is -0.608. The first-order valence-corrected chi connectivity index (χ1v) is 6.94. The predicted octanol–water partition coefficient (Wildman–Crippen LogP) is 3.01. The Hall–Kier alpha value is -1.92. The van der Waals surface area contributed by atoms with E-state index in [0.29, 0.717) is 12.3 Å². The third-order valence-electron chi connectivity index (χ3n) is 2.69. The smallest absolute Gasteiger partial charge is 0.253 e. The second-order valence-corrected chi connectivity index (χ2v) is 5.29. The topological polar surface area (TPSA) is 64.3 Å². The number of carbonyl (C=O) groups is 1. The summed E-state index contributed by atoms with van der Waals surface area (Å²) in [6.45, 7) is 2.05. The van der Waals surface area contributed by atoms with Gasteiger partial charge < -0.3 is 15.8 Å². The van der Waals surface area contributed by atoms with Crippen LogP contribution in [0.25, 0.3) is 0 Å². The molecule has 20 heavy (non-hydrogen) atoms. The summed E-state index contributed by atoms with van der Waals surface area (Å²) >= 11 is 1.57. The molecule has 1 heterocycles. The van der Waals surface area contributed by atoms with E-state index >= 15 is 0 Å². The van der Waals surface area contributed by atoms with Crippen LogP contribution in [0.3, 0.4) is 0 Å². The Kier molecular flexibility index (Phi) is 4.70. The summed E-state index contributed by atoms with van der Waals surface area (Å²) in [6, 6.07) is 7.91. The third kappa shape index (κ3) is 3.79. The Bertz CT molecular complexity index is 587. The highest BCUT2D eigenvalue weighted by molar-refractivity contribution is 7.09. The quantitative estimate of drug-likeness (QED) is 0.833. The van der Waals surface area contributed by atoms with Crippen LogP contribution in [-0.2, 0) is 16.1 Å². The number of nitrogen functional groups attached to an aromatic ring is 1. The third-order valence-corrected chi connectivity index (χ3v) is 3.54. The van der Waals surface area contributed by atoms with Gasteiger partial charge in [-0.1, -0.05) is 6.07 Å². The molecule has 0 aliphatic heterocycles. The van der Waals surface area contributed by atoms with Crippen LogP contribution >= 0.6 is 11.3 Å². The molecule has 6 heteroatoms. The summed E-state index contributed by atoms with van der Waals surface area (Å²) in [6.07, 6.45) is -0.608. The molecule has 2 aromatic rings. The number of hydrogen-bond donors (Lipinski definition) is 2. The molecule has 4 nitrogen and oxygen atoms in total. The maximum atomic E-state index is 13.0. The monoisotopic (exact) mass is 294 g/mol. The lowest BCUT2D eigenvalue weighted by Gasteiger charge is -2.13. The molecular formula is C14H15FN2O2S. The highest BCUT2D eigenvalue weighted by atomic mass is 32.1. The summed E-state index contributed by atoms with van der Waals surface area (Å²) in [5.41, 5.74) is 5.88. The molecule has 2 rings (SSSR count). The summed E-state index contributed by atoms with van der Waals surface area (Å²) in [5, 5.41) is 4.58. The van der Waals surface area contributed by atoms with E-state index in [1.165, 1.54) is 18.2 Å². The van der Waals surface area contributed by atoms with E-state index in [1.54, 1.807) is 18.3 Å². The maximum Gasteiger partial charge on any atom is 0.253 e. The van der Waals surface area contributed by atoms with Gasteiger partial charge in [-0.2, -0.15) is 0 Å². The Morgan fingerprint density at radius 3 is 2.95 bits per heavy atom. The molecule has 3 N–H and O–H groups in total. The predicted molar refractivity (Wildman–Crippen MR) is 78.0 cm³/mol. The van der Waals surface area contributed by atoms with Gasteiger partial charge >= 0.3 is 0 Å². The standard InChI is InChI=1S/C14H15FN2O2S/c1-9(19-8-11-3-2-6-20-11)14(18)17-10-4-5-12(15)13(16)7-10/h2-7,9H,8,16H2,1H3,(H,17,18). The number of anilines is 2. The van der Waals surface area contributed by atoms with Crippen molar-refractivity contribution in [3.05, 3.63) is 46.4 Å². The van der Waals surface area contributed by atoms with Crippen molar-refractivity contribution in [1.29, 1.82) is 0 Å². The number of amides is 1. The van der Waals surface area contributed by atoms with Crippen LogP contribution in [0, 0.1) is 5.82 Å². The minimum absolute atomic E-state index is 0.00467. The Morgan fingerprint density at radius 1 is 1.50 bits per heavy atom. The Morgan fingerprint density at radius 2 is 2.30 bits per heavy atom. The molecule has 0 bridgehead atoms. The van der Waals surface area contributed by atoms with Gasteiger partial charge in [-0.15, -0.1) is 11.3 Å². The number of hydrogen-bond acceptors (Lipinski definition) is 4. The van der Waals surface area contributed by atoms with Crippen LogP contribution in [0.15, 0.2) is 35.7 Å². The van der Waals surface area contributed by atoms with Gasteiger partial charge in [-0.25, -0.2) is 4.39 Å². The molecule has 1 atom stereocenters. The molecule has 0 fully saturated rings. The van der Waals surface area contributed by atoms with Crippen molar-refractivity contribution in [2.24, 2.45) is 0 Å². The van der Waals surface area contributed by atoms with E-state index in [2.05, 4.69) is 5.32 Å². The van der Waals surface area contributed by atoms with E-state index in [9.17, 15) is 9.18 Å². The zero-order chi connectivity index (χ0) is 14.5. The van der Waals surface area contributed by atoms with Crippen molar-refractivity contribution < 1.29 is 13.9 Å². The first-order chi connectivity index (χ1) is 9.56. The first-order valence-electron chi connectivity index (χ1n) is 6.06. The largest absolute Gasteiger partial charge is 0.396 e. The number of halogens is 1. The molecule has 0 spiro atoms. The lowest BCUT2D eigenvalue weighted by Crippen LogP contribution is -2.27. The Balaban J connectivity index is 1.88. The van der Waals surface area contributed by atoms with Gasteiger partial charge in [0.25, 0.3) is 5.91 Å². The normalized spacial score (nSPS) is 12.1. The number of rotatable bonds is 5. The highest BCUT2D eigenvalue weighted by Gasteiger charge is 2.14. The summed E-state index contributed by atoms with van der Waals surface area (Å²) in [4.78, 5) is 13.0. The fourth-order valence-electron chi connectivity index (χ4n) is 1.54. The van der Waals surface area contributed by atoms with E-state index in [1.807, 2.05) is 17.5 Å². The minimum Gasteiger partial charge on any atom is -0.396 e. The van der Waals surface area contributed by atoms with E-state index in [4.69, 9.17) is 10.5 Å². The maximum absolute atomic E-state index is 13.0. The van der Waals surface area contributed by atoms with Crippen molar-refractivity contribution >= 4 is 28.6 Å². The van der Waals surface area contributed by atoms with Crippen molar-refractivity contribution in [3.63, 3.8) is 0 Å². The first kappa shape index (κ1) is 14.5. The molecule has 0 radical (unpaired) electrons. The average molecular weight is 294 g/mol. The van der Waals surface area contributed by atoms with Gasteiger partial charge in [0.05, 0.1) is 12.3 Å². The van der Waals surface area contributed by atoms with Crippen LogP contribution in [0.4, 0.5) is 15.8 Å². The molecule has 1 aromatic heterocycles. The lowest BCUT2D eigenvalue weighted by atomic mass is 10.2. The number of ether oxygens (including phenoxy) is 1. The molecule has 1 amide bonds. The SMILES string of the molecule is CC(OCc1cccs1)C(=O)Nc1ccc(F)c(N)c1. The second-order valence-electron chi connectivity index (χ2n) is 4.26. The van der Waals surface area contributed by atoms with Gasteiger partial charge in [0.2, 0.25) is 0 Å². The molecule has 0 aliphatic rings. The molecule has 0 saturated carbocycles. The molecule has 1 unspecified atom stereocenters. The van der Waals surface area contributed by atoms with E-state index in [0.717, 1.165) is 4.88 Å². The fraction of sp³-hybridized carbons (Fsp3) is 0.214. The average Bonchev–Trinajstić information content (AvgIpc) is 2.93. The number of thiophene rings is 1. The van der Waals surface area contributed by atoms with Crippen molar-refractivity contribution in [2.45, 2.75) is 19.6 Å². The van der Waals surface area contributed by atoms with Gasteiger partial charge in [0.1, 0.15) is 11.9 Å². The highest BCUT2D eigenvalue weighted by Crippen LogP contribution is 2.17. The summed E-state index contributed by atoms with van der Waals surface area (Å²) in [5.74, 6) is -0.808. The van der Waals surface area contributed by atoms with Crippen LogP contribution in [0.5, 0.6) is 0 Å². The van der Waals surface area contributed by atoms with Gasteiger partial charge in [0.15, 0.2) is 0 Å². The van der Waals surface area contributed by atoms with Crippen molar-refractivity contribution in [1.82, 2.24) is 0 Å².